The summed E-state index contributed by atoms with van der Waals surface area (Å²) >= 11 is 3.41. The monoisotopic (exact) mass is 408 g/mol. The van der Waals surface area contributed by atoms with E-state index in [1.54, 1.807) is 0 Å². The fourth-order valence-electron chi connectivity index (χ4n) is 2.99. The van der Waals surface area contributed by atoms with E-state index in [0.29, 0.717) is 11.7 Å². The van der Waals surface area contributed by atoms with Gasteiger partial charge in [0, 0.05) is 16.0 Å². The fourth-order valence-corrected chi connectivity index (χ4v) is 3.25. The molecule has 0 bridgehead atoms. The van der Waals surface area contributed by atoms with Crippen LogP contribution < -0.4 is 5.43 Å². The van der Waals surface area contributed by atoms with E-state index in [1.807, 2.05) is 54.6 Å². The van der Waals surface area contributed by atoms with Crippen LogP contribution in [0.2, 0.25) is 0 Å². The lowest BCUT2D eigenvalue weighted by Gasteiger charge is -1.99. The van der Waals surface area contributed by atoms with E-state index in [0.717, 1.165) is 22.2 Å². The summed E-state index contributed by atoms with van der Waals surface area (Å²) < 4.78 is 6.76. The number of nitrogens with zero attached hydrogens (tertiary/aromatic N) is 1. The van der Waals surface area contributed by atoms with Crippen LogP contribution in [-0.4, -0.2) is 12.1 Å². The number of carbonyl (C=O) groups excluding carboxylic acids is 1. The van der Waals surface area contributed by atoms with Crippen molar-refractivity contribution < 1.29 is 9.21 Å². The summed E-state index contributed by atoms with van der Waals surface area (Å²) in [6.07, 6.45) is 2.40. The van der Waals surface area contributed by atoms with Gasteiger partial charge in [-0.3, -0.25) is 4.79 Å². The predicted molar refractivity (Wildman–Crippen MR) is 105 cm³/mol. The van der Waals surface area contributed by atoms with Crippen molar-refractivity contribution >= 4 is 28.1 Å². The maximum absolute atomic E-state index is 12.2. The third kappa shape index (κ3) is 3.78. The first kappa shape index (κ1) is 16.8. The topological polar surface area (TPSA) is 54.6 Å². The van der Waals surface area contributed by atoms with E-state index < -0.39 is 0 Å². The van der Waals surface area contributed by atoms with Gasteiger partial charge in [0.05, 0.1) is 6.21 Å². The van der Waals surface area contributed by atoms with Crippen molar-refractivity contribution in [3.05, 3.63) is 82.5 Å². The summed E-state index contributed by atoms with van der Waals surface area (Å²) in [5.74, 6) is 1.62. The number of amides is 1. The molecule has 130 valence electrons. The molecule has 4 rings (SSSR count). The Morgan fingerprint density at radius 3 is 2.62 bits per heavy atom. The SMILES string of the molecule is O=C(N/N=C\c1ccc(-c2ccc(Br)cc2)o1)[C@@H]1C[C@@H]1c1ccccc1. The molecule has 1 heterocycles. The molecule has 1 saturated carbocycles. The van der Waals surface area contributed by atoms with E-state index in [2.05, 4.69) is 38.6 Å². The molecule has 1 aromatic heterocycles. The number of furan rings is 1. The summed E-state index contributed by atoms with van der Waals surface area (Å²) in [5.41, 5.74) is 4.81. The van der Waals surface area contributed by atoms with Crippen LogP contribution in [0.4, 0.5) is 0 Å². The van der Waals surface area contributed by atoms with Crippen molar-refractivity contribution in [2.24, 2.45) is 11.0 Å². The number of benzene rings is 2. The molecule has 5 heteroatoms. The third-order valence-electron chi connectivity index (χ3n) is 4.48. The molecule has 0 aliphatic heterocycles. The minimum absolute atomic E-state index is 0.00415. The van der Waals surface area contributed by atoms with Crippen molar-refractivity contribution in [3.8, 4) is 11.3 Å². The molecule has 2 aromatic carbocycles. The average molecular weight is 409 g/mol. The first-order chi connectivity index (χ1) is 12.7. The van der Waals surface area contributed by atoms with Gasteiger partial charge in [-0.2, -0.15) is 5.10 Å². The van der Waals surface area contributed by atoms with Gasteiger partial charge in [-0.1, -0.05) is 58.4 Å². The van der Waals surface area contributed by atoms with Gasteiger partial charge in [0.15, 0.2) is 0 Å². The van der Waals surface area contributed by atoms with Crippen LogP contribution in [0.5, 0.6) is 0 Å². The molecule has 1 aliphatic carbocycles. The molecule has 1 fully saturated rings. The average Bonchev–Trinajstić information content (AvgIpc) is 3.34. The van der Waals surface area contributed by atoms with Gasteiger partial charge in [0.1, 0.15) is 11.5 Å². The third-order valence-corrected chi connectivity index (χ3v) is 5.01. The van der Waals surface area contributed by atoms with Gasteiger partial charge in [-0.25, -0.2) is 5.43 Å². The largest absolute Gasteiger partial charge is 0.455 e. The van der Waals surface area contributed by atoms with Crippen molar-refractivity contribution in [1.29, 1.82) is 0 Å². The Morgan fingerprint density at radius 2 is 1.85 bits per heavy atom. The molecule has 3 aromatic rings. The van der Waals surface area contributed by atoms with Crippen LogP contribution in [0.25, 0.3) is 11.3 Å². The quantitative estimate of drug-likeness (QED) is 0.478. The number of hydrazone groups is 1. The maximum Gasteiger partial charge on any atom is 0.243 e. The smallest absolute Gasteiger partial charge is 0.243 e. The van der Waals surface area contributed by atoms with Crippen LogP contribution in [-0.2, 0) is 4.79 Å². The van der Waals surface area contributed by atoms with Gasteiger partial charge in [0.2, 0.25) is 5.91 Å². The lowest BCUT2D eigenvalue weighted by molar-refractivity contribution is -0.122. The zero-order chi connectivity index (χ0) is 17.9. The first-order valence-corrected chi connectivity index (χ1v) is 9.23. The number of halogens is 1. The molecular formula is C21H17BrN2O2. The van der Waals surface area contributed by atoms with Gasteiger partial charge < -0.3 is 4.42 Å². The summed E-state index contributed by atoms with van der Waals surface area (Å²) in [6, 6.07) is 21.7. The van der Waals surface area contributed by atoms with Crippen LogP contribution in [0.3, 0.4) is 0 Å². The molecule has 26 heavy (non-hydrogen) atoms. The molecule has 4 nitrogen and oxygen atoms in total. The molecule has 2 atom stereocenters. The lowest BCUT2D eigenvalue weighted by atomic mass is 10.1. The Hall–Kier alpha value is -2.66. The Morgan fingerprint density at radius 1 is 1.08 bits per heavy atom. The fraction of sp³-hybridized carbons (Fsp3) is 0.143. The number of carbonyl (C=O) groups is 1. The van der Waals surface area contributed by atoms with Gasteiger partial charge in [-0.15, -0.1) is 0 Å². The van der Waals surface area contributed by atoms with E-state index >= 15 is 0 Å². The van der Waals surface area contributed by atoms with Gasteiger partial charge >= 0.3 is 0 Å². The molecule has 0 spiro atoms. The molecule has 1 amide bonds. The summed E-state index contributed by atoms with van der Waals surface area (Å²) in [6.45, 7) is 0. The van der Waals surface area contributed by atoms with Crippen molar-refractivity contribution in [2.75, 3.05) is 0 Å². The second kappa shape index (κ2) is 7.30. The highest BCUT2D eigenvalue weighted by molar-refractivity contribution is 9.10. The number of nitrogens with one attached hydrogen (secondary N) is 1. The molecule has 0 unspecified atom stereocenters. The van der Waals surface area contributed by atoms with E-state index in [4.69, 9.17) is 4.42 Å². The standard InChI is InChI=1S/C21H17BrN2O2/c22-16-8-6-15(7-9-16)20-11-10-17(26-20)13-23-24-21(25)19-12-18(19)14-4-2-1-3-5-14/h1-11,13,18-19H,12H2,(H,24,25)/b23-13-/t18-,19-/m1/s1. The van der Waals surface area contributed by atoms with Crippen LogP contribution >= 0.6 is 15.9 Å². The first-order valence-electron chi connectivity index (χ1n) is 8.44. The Balaban J connectivity index is 1.33. The lowest BCUT2D eigenvalue weighted by Crippen LogP contribution is -2.20. The number of hydrogen-bond acceptors (Lipinski definition) is 3. The molecule has 1 aliphatic rings. The summed E-state index contributed by atoms with van der Waals surface area (Å²) in [5, 5.41) is 4.03. The van der Waals surface area contributed by atoms with E-state index in [1.165, 1.54) is 11.8 Å². The zero-order valence-corrected chi connectivity index (χ0v) is 15.5. The highest BCUT2D eigenvalue weighted by atomic mass is 79.9. The van der Waals surface area contributed by atoms with Crippen molar-refractivity contribution in [3.63, 3.8) is 0 Å². The highest BCUT2D eigenvalue weighted by Gasteiger charge is 2.43. The number of hydrogen-bond donors (Lipinski definition) is 1. The zero-order valence-electron chi connectivity index (χ0n) is 13.9. The Bertz CT molecular complexity index is 932. The van der Waals surface area contributed by atoms with Gasteiger partial charge in [0.25, 0.3) is 0 Å². The second-order valence-electron chi connectivity index (χ2n) is 6.30. The minimum Gasteiger partial charge on any atom is -0.455 e. The number of rotatable bonds is 5. The van der Waals surface area contributed by atoms with E-state index in [9.17, 15) is 4.79 Å². The molecule has 0 saturated heterocycles. The Kier molecular flexibility index (Phi) is 4.71. The molecule has 0 radical (unpaired) electrons. The highest BCUT2D eigenvalue weighted by Crippen LogP contribution is 2.47. The van der Waals surface area contributed by atoms with Crippen LogP contribution in [0.15, 0.2) is 80.7 Å². The van der Waals surface area contributed by atoms with Crippen LogP contribution in [0, 0.1) is 5.92 Å². The minimum atomic E-state index is -0.0465. The van der Waals surface area contributed by atoms with E-state index in [-0.39, 0.29) is 11.8 Å². The van der Waals surface area contributed by atoms with Crippen molar-refractivity contribution in [2.45, 2.75) is 12.3 Å². The maximum atomic E-state index is 12.2. The van der Waals surface area contributed by atoms with Crippen molar-refractivity contribution in [1.82, 2.24) is 5.43 Å². The Labute approximate surface area is 160 Å². The van der Waals surface area contributed by atoms with Crippen LogP contribution in [0.1, 0.15) is 23.7 Å². The summed E-state index contributed by atoms with van der Waals surface area (Å²) in [7, 11) is 0. The molecular weight excluding hydrogens is 392 g/mol. The van der Waals surface area contributed by atoms with Gasteiger partial charge in [-0.05, 0) is 42.2 Å². The normalized spacial score (nSPS) is 18.8. The molecule has 1 N–H and O–H groups in total. The second-order valence-corrected chi connectivity index (χ2v) is 7.22. The predicted octanol–water partition coefficient (Wildman–Crippen LogP) is 4.96. The summed E-state index contributed by atoms with van der Waals surface area (Å²) in [4.78, 5) is 12.2.